The highest BCUT2D eigenvalue weighted by molar-refractivity contribution is 7.09. The molecule has 0 N–H and O–H groups in total. The number of thiazole rings is 1. The van der Waals surface area contributed by atoms with E-state index in [1.165, 1.54) is 28.5 Å². The molecule has 1 aliphatic rings. The highest BCUT2D eigenvalue weighted by atomic mass is 32.1. The second-order valence-electron chi connectivity index (χ2n) is 6.33. The van der Waals surface area contributed by atoms with E-state index >= 15 is 0 Å². The van der Waals surface area contributed by atoms with Gasteiger partial charge in [0.2, 0.25) is 5.95 Å². The first-order chi connectivity index (χ1) is 13.4. The van der Waals surface area contributed by atoms with Crippen molar-refractivity contribution in [3.8, 4) is 0 Å². The van der Waals surface area contributed by atoms with Crippen molar-refractivity contribution >= 4 is 23.0 Å². The highest BCUT2D eigenvalue weighted by Gasteiger charge is 2.34. The molecule has 1 saturated heterocycles. The average molecular weight is 412 g/mol. The number of anilines is 2. The van der Waals surface area contributed by atoms with Crippen LogP contribution in [0.5, 0.6) is 0 Å². The Morgan fingerprint density at radius 3 is 2.32 bits per heavy atom. The number of hydrogen-bond donors (Lipinski definition) is 0. The van der Waals surface area contributed by atoms with Gasteiger partial charge in [0, 0.05) is 37.2 Å². The zero-order valence-corrected chi connectivity index (χ0v) is 15.4. The van der Waals surface area contributed by atoms with Gasteiger partial charge in [0.05, 0.1) is 12.2 Å². The lowest BCUT2D eigenvalue weighted by atomic mass is 10.2. The first kappa shape index (κ1) is 18.7. The maximum atomic E-state index is 13.1. The Labute approximate surface area is 162 Å². The smallest absolute Gasteiger partial charge is 0.368 e. The van der Waals surface area contributed by atoms with Crippen LogP contribution in [0.1, 0.15) is 10.7 Å². The molecule has 1 fully saturated rings. The maximum absolute atomic E-state index is 13.1. The molecule has 3 aromatic rings. The molecule has 0 saturated carbocycles. The highest BCUT2D eigenvalue weighted by Crippen LogP contribution is 2.31. The molecule has 0 bridgehead atoms. The molecule has 0 amide bonds. The summed E-state index contributed by atoms with van der Waals surface area (Å²) in [6.45, 7) is 2.99. The number of halogens is 4. The Bertz CT molecular complexity index is 928. The van der Waals surface area contributed by atoms with Gasteiger partial charge in [-0.1, -0.05) is 0 Å². The number of nitrogens with zero attached hydrogens (tertiary/aromatic N) is 6. The molecule has 148 valence electrons. The van der Waals surface area contributed by atoms with Gasteiger partial charge in [-0.3, -0.25) is 0 Å². The summed E-state index contributed by atoms with van der Waals surface area (Å²) in [5, 5.41) is 4.88. The number of piperazine rings is 1. The summed E-state index contributed by atoms with van der Waals surface area (Å²) in [5.41, 5.74) is 1.26. The van der Waals surface area contributed by atoms with Gasteiger partial charge < -0.3 is 9.80 Å². The number of rotatable bonds is 4. The Hall–Kier alpha value is -2.69. The Morgan fingerprint density at radius 1 is 1.00 bits per heavy atom. The van der Waals surface area contributed by atoms with E-state index in [1.54, 1.807) is 12.1 Å². The lowest BCUT2D eigenvalue weighted by Crippen LogP contribution is -2.47. The summed E-state index contributed by atoms with van der Waals surface area (Å²) in [5.74, 6) is 0.268. The Balaban J connectivity index is 1.36. The molecule has 1 aliphatic heterocycles. The summed E-state index contributed by atoms with van der Waals surface area (Å²) >= 11 is 0.573. The van der Waals surface area contributed by atoms with Crippen LogP contribution in [0.25, 0.3) is 0 Å². The van der Waals surface area contributed by atoms with Gasteiger partial charge >= 0.3 is 6.18 Å². The predicted molar refractivity (Wildman–Crippen MR) is 97.1 cm³/mol. The minimum absolute atomic E-state index is 0.134. The fourth-order valence-corrected chi connectivity index (χ4v) is 3.68. The fourth-order valence-electron chi connectivity index (χ4n) is 3.00. The van der Waals surface area contributed by atoms with Crippen LogP contribution in [0.3, 0.4) is 0 Å². The summed E-state index contributed by atoms with van der Waals surface area (Å²) in [6.07, 6.45) is -2.94. The fraction of sp³-hybridized carbons (Fsp3) is 0.353. The van der Waals surface area contributed by atoms with Gasteiger partial charge in [-0.05, 0) is 24.3 Å². The molecule has 0 atom stereocenters. The quantitative estimate of drug-likeness (QED) is 0.616. The van der Waals surface area contributed by atoms with Crippen molar-refractivity contribution in [1.29, 1.82) is 0 Å². The molecule has 4 rings (SSSR count). The van der Waals surface area contributed by atoms with E-state index in [9.17, 15) is 17.6 Å². The number of alkyl halides is 3. The molecule has 11 heteroatoms. The van der Waals surface area contributed by atoms with Crippen LogP contribution >= 0.6 is 11.3 Å². The van der Waals surface area contributed by atoms with Crippen molar-refractivity contribution < 1.29 is 17.6 Å². The van der Waals surface area contributed by atoms with Crippen LogP contribution in [0.4, 0.5) is 29.2 Å². The minimum Gasteiger partial charge on any atom is -0.368 e. The first-order valence-corrected chi connectivity index (χ1v) is 9.43. The van der Waals surface area contributed by atoms with Gasteiger partial charge in [-0.25, -0.2) is 19.0 Å². The molecule has 1 aromatic carbocycles. The first-order valence-electron chi connectivity index (χ1n) is 8.55. The monoisotopic (exact) mass is 412 g/mol. The van der Waals surface area contributed by atoms with E-state index in [0.29, 0.717) is 36.1 Å². The SMILES string of the molecule is Fc1ccc(N2CCN(c3ncn(Cc4csc(C(F)(F)F)n4)n3)CC2)cc1. The molecule has 3 heterocycles. The van der Waals surface area contributed by atoms with Gasteiger partial charge in [0.15, 0.2) is 5.01 Å². The topological polar surface area (TPSA) is 50.1 Å². The van der Waals surface area contributed by atoms with Crippen LogP contribution in [-0.4, -0.2) is 45.9 Å². The molecule has 0 radical (unpaired) electrons. The van der Waals surface area contributed by atoms with Gasteiger partial charge in [-0.2, -0.15) is 13.2 Å². The zero-order chi connectivity index (χ0) is 19.7. The molecule has 0 aliphatic carbocycles. The second-order valence-corrected chi connectivity index (χ2v) is 7.19. The zero-order valence-electron chi connectivity index (χ0n) is 14.6. The van der Waals surface area contributed by atoms with E-state index in [2.05, 4.69) is 20.0 Å². The van der Waals surface area contributed by atoms with Crippen LogP contribution in [0.2, 0.25) is 0 Å². The van der Waals surface area contributed by atoms with Gasteiger partial charge in [-0.15, -0.1) is 16.4 Å². The number of aromatic nitrogens is 4. The maximum Gasteiger partial charge on any atom is 0.443 e. The number of benzene rings is 1. The van der Waals surface area contributed by atoms with Crippen molar-refractivity contribution in [3.05, 3.63) is 52.5 Å². The Morgan fingerprint density at radius 2 is 1.68 bits per heavy atom. The van der Waals surface area contributed by atoms with E-state index < -0.39 is 11.2 Å². The van der Waals surface area contributed by atoms with Crippen LogP contribution < -0.4 is 9.80 Å². The summed E-state index contributed by atoms with van der Waals surface area (Å²) in [7, 11) is 0. The third-order valence-electron chi connectivity index (χ3n) is 4.40. The predicted octanol–water partition coefficient (Wildman–Crippen LogP) is 3.27. The van der Waals surface area contributed by atoms with E-state index in [1.807, 2.05) is 4.90 Å². The van der Waals surface area contributed by atoms with E-state index in [-0.39, 0.29) is 12.4 Å². The molecule has 0 spiro atoms. The Kier molecular flexibility index (Phi) is 4.92. The lowest BCUT2D eigenvalue weighted by Gasteiger charge is -2.35. The van der Waals surface area contributed by atoms with E-state index in [4.69, 9.17) is 0 Å². The lowest BCUT2D eigenvalue weighted by molar-refractivity contribution is -0.137. The van der Waals surface area contributed by atoms with Crippen molar-refractivity contribution in [1.82, 2.24) is 19.7 Å². The number of hydrogen-bond acceptors (Lipinski definition) is 6. The van der Waals surface area contributed by atoms with Crippen molar-refractivity contribution in [2.45, 2.75) is 12.7 Å². The van der Waals surface area contributed by atoms with Crippen LogP contribution in [-0.2, 0) is 12.7 Å². The minimum atomic E-state index is -4.43. The third kappa shape index (κ3) is 4.08. The van der Waals surface area contributed by atoms with Crippen molar-refractivity contribution in [2.24, 2.45) is 0 Å². The summed E-state index contributed by atoms with van der Waals surface area (Å²) in [4.78, 5) is 12.0. The summed E-state index contributed by atoms with van der Waals surface area (Å²) in [6, 6.07) is 6.38. The molecule has 28 heavy (non-hydrogen) atoms. The second kappa shape index (κ2) is 7.38. The average Bonchev–Trinajstić information content (AvgIpc) is 3.32. The molecule has 0 unspecified atom stereocenters. The molecule has 6 nitrogen and oxygen atoms in total. The van der Waals surface area contributed by atoms with Crippen molar-refractivity contribution in [3.63, 3.8) is 0 Å². The standard InChI is InChI=1S/C17H16F4N6S/c18-12-1-3-14(4-2-12)25-5-7-26(8-6-25)16-22-11-27(24-16)9-13-10-28-15(23-13)17(19,20)21/h1-4,10-11H,5-9H2. The molecule has 2 aromatic heterocycles. The third-order valence-corrected chi connectivity index (χ3v) is 5.33. The largest absolute Gasteiger partial charge is 0.443 e. The van der Waals surface area contributed by atoms with Gasteiger partial charge in [0.1, 0.15) is 12.1 Å². The molecular formula is C17H16F4N6S. The van der Waals surface area contributed by atoms with Crippen LogP contribution in [0, 0.1) is 5.82 Å². The normalized spacial score (nSPS) is 15.3. The van der Waals surface area contributed by atoms with Gasteiger partial charge in [0.25, 0.3) is 0 Å². The van der Waals surface area contributed by atoms with Crippen molar-refractivity contribution in [2.75, 3.05) is 36.0 Å². The van der Waals surface area contributed by atoms with Crippen LogP contribution in [0.15, 0.2) is 36.0 Å². The summed E-state index contributed by atoms with van der Waals surface area (Å²) < 4.78 is 52.5. The van der Waals surface area contributed by atoms with E-state index in [0.717, 1.165) is 18.8 Å². The molecular weight excluding hydrogens is 396 g/mol.